The van der Waals surface area contributed by atoms with Crippen molar-refractivity contribution in [2.75, 3.05) is 0 Å². The van der Waals surface area contributed by atoms with Gasteiger partial charge in [-0.15, -0.1) is 28.5 Å². The first-order valence-electron chi connectivity index (χ1n) is 4.32. The van der Waals surface area contributed by atoms with Gasteiger partial charge >= 0.3 is 21.7 Å². The summed E-state index contributed by atoms with van der Waals surface area (Å²) in [5.74, 6) is 0. The van der Waals surface area contributed by atoms with Gasteiger partial charge < -0.3 is 24.8 Å². The van der Waals surface area contributed by atoms with Crippen molar-refractivity contribution in [1.29, 1.82) is 0 Å². The van der Waals surface area contributed by atoms with Crippen LogP contribution in [-0.4, -0.2) is 0 Å². The number of hydrogen-bond donors (Lipinski definition) is 0. The quantitative estimate of drug-likeness (QED) is 0.368. The summed E-state index contributed by atoms with van der Waals surface area (Å²) in [5.41, 5.74) is 4.16. The van der Waals surface area contributed by atoms with Crippen LogP contribution in [0.5, 0.6) is 0 Å². The molecule has 0 aliphatic heterocycles. The normalized spacial score (nSPS) is 8.73. The molecule has 0 aliphatic carbocycles. The fraction of sp³-hybridized carbons (Fsp3) is 0.250. The number of halogens is 2. The van der Waals surface area contributed by atoms with Crippen LogP contribution >= 0.6 is 0 Å². The third-order valence-corrected chi connectivity index (χ3v) is 2.57. The van der Waals surface area contributed by atoms with Crippen LogP contribution in [0, 0.1) is 20.8 Å². The molecule has 0 atom stereocenters. The van der Waals surface area contributed by atoms with Gasteiger partial charge in [-0.25, -0.2) is 0 Å². The Hall–Kier alpha value is 0.124. The summed E-state index contributed by atoms with van der Waals surface area (Å²) in [4.78, 5) is 0. The fourth-order valence-corrected chi connectivity index (χ4v) is 1.86. The molecule has 0 heterocycles. The monoisotopic (exact) mass is 275 g/mol. The Morgan fingerprint density at radius 1 is 0.867 bits per heavy atom. The van der Waals surface area contributed by atoms with Crippen LogP contribution in [0.1, 0.15) is 16.7 Å². The maximum absolute atomic E-state index is 2.22. The van der Waals surface area contributed by atoms with E-state index in [1.54, 1.807) is 0 Å². The molecule has 0 bridgehead atoms. The Morgan fingerprint density at radius 3 is 1.93 bits per heavy atom. The summed E-state index contributed by atoms with van der Waals surface area (Å²) >= 11 is 0. The van der Waals surface area contributed by atoms with Gasteiger partial charge in [0.05, 0.1) is 0 Å². The molecule has 0 N–H and O–H groups in total. The first kappa shape index (κ1) is 17.5. The van der Waals surface area contributed by atoms with E-state index in [1.807, 2.05) is 0 Å². The van der Waals surface area contributed by atoms with Gasteiger partial charge in [-0.05, 0) is 6.92 Å². The molecular weight excluding hydrogens is 263 g/mol. The van der Waals surface area contributed by atoms with Crippen molar-refractivity contribution >= 4 is 10.8 Å². The van der Waals surface area contributed by atoms with Crippen LogP contribution < -0.4 is 24.8 Å². The fourth-order valence-electron chi connectivity index (χ4n) is 1.86. The molecule has 1 radical (unpaired) electrons. The molecular formula is C12H13Cl2Ti. The van der Waals surface area contributed by atoms with E-state index in [0.717, 1.165) is 0 Å². The van der Waals surface area contributed by atoms with Crippen LogP contribution in [0.3, 0.4) is 0 Å². The van der Waals surface area contributed by atoms with E-state index in [1.165, 1.54) is 27.5 Å². The number of aryl methyl sites for hydroxylation is 3. The van der Waals surface area contributed by atoms with Crippen molar-refractivity contribution in [1.82, 2.24) is 0 Å². The largest absolute Gasteiger partial charge is 3.00 e. The van der Waals surface area contributed by atoms with E-state index in [2.05, 4.69) is 45.0 Å². The minimum atomic E-state index is 0. The molecule has 15 heavy (non-hydrogen) atoms. The number of benzene rings is 1. The Kier molecular flexibility index (Phi) is 7.77. The molecule has 0 nitrogen and oxygen atoms in total. The van der Waals surface area contributed by atoms with Crippen LogP contribution in [-0.2, 0) is 21.7 Å². The second-order valence-corrected chi connectivity index (χ2v) is 3.50. The maximum Gasteiger partial charge on any atom is 3.00 e. The molecule has 0 fully saturated rings. The summed E-state index contributed by atoms with van der Waals surface area (Å²) in [6, 6.07) is 8.80. The van der Waals surface area contributed by atoms with Crippen LogP contribution in [0.2, 0.25) is 0 Å². The summed E-state index contributed by atoms with van der Waals surface area (Å²) in [5, 5.41) is 2.85. The molecule has 2 rings (SSSR count). The molecule has 0 unspecified atom stereocenters. The van der Waals surface area contributed by atoms with E-state index in [9.17, 15) is 0 Å². The third-order valence-electron chi connectivity index (χ3n) is 2.57. The van der Waals surface area contributed by atoms with E-state index >= 15 is 0 Å². The van der Waals surface area contributed by atoms with Gasteiger partial charge in [0, 0.05) is 0 Å². The van der Waals surface area contributed by atoms with E-state index < -0.39 is 0 Å². The summed E-state index contributed by atoms with van der Waals surface area (Å²) < 4.78 is 0. The predicted octanol–water partition coefficient (Wildman–Crippen LogP) is -2.51. The first-order valence-corrected chi connectivity index (χ1v) is 4.32. The van der Waals surface area contributed by atoms with Crippen molar-refractivity contribution in [3.63, 3.8) is 0 Å². The standard InChI is InChI=1S/C12H13.2ClH.Ti/c1-8-4-5-9(2)12-10(3)6-7-11(8)12;;;/h4-7H,1-3H3;2*1H;/q-1;;;+3/p-2. The zero-order valence-electron chi connectivity index (χ0n) is 9.07. The minimum Gasteiger partial charge on any atom is -1.00 e. The predicted molar refractivity (Wildman–Crippen MR) is 53.8 cm³/mol. The Balaban J connectivity index is 0. The van der Waals surface area contributed by atoms with Crippen LogP contribution in [0.4, 0.5) is 0 Å². The van der Waals surface area contributed by atoms with Gasteiger partial charge in [-0.1, -0.05) is 25.5 Å². The summed E-state index contributed by atoms with van der Waals surface area (Å²) in [7, 11) is 0. The van der Waals surface area contributed by atoms with E-state index in [4.69, 9.17) is 0 Å². The Morgan fingerprint density at radius 2 is 1.40 bits per heavy atom. The molecule has 0 amide bonds. The van der Waals surface area contributed by atoms with Crippen molar-refractivity contribution in [2.45, 2.75) is 20.8 Å². The molecule has 0 saturated carbocycles. The van der Waals surface area contributed by atoms with Crippen molar-refractivity contribution < 1.29 is 46.5 Å². The molecule has 0 spiro atoms. The zero-order chi connectivity index (χ0) is 8.72. The Bertz CT molecular complexity index is 432. The molecule has 79 valence electrons. The molecule has 0 aliphatic rings. The Labute approximate surface area is 119 Å². The van der Waals surface area contributed by atoms with E-state index in [-0.39, 0.29) is 46.5 Å². The van der Waals surface area contributed by atoms with Crippen molar-refractivity contribution in [2.24, 2.45) is 0 Å². The first-order chi connectivity index (χ1) is 5.70. The van der Waals surface area contributed by atoms with Crippen molar-refractivity contribution in [3.05, 3.63) is 41.0 Å². The summed E-state index contributed by atoms with van der Waals surface area (Å²) in [6.07, 6.45) is 0. The SMILES string of the molecule is Cc1ccc(C)c2c(C)c[cH-]c12.[Cl-].[Cl-].[Ti+3]. The van der Waals surface area contributed by atoms with Gasteiger partial charge in [0.1, 0.15) is 0 Å². The number of fused-ring (bicyclic) bond motifs is 1. The van der Waals surface area contributed by atoms with Crippen LogP contribution in [0.15, 0.2) is 24.3 Å². The molecule has 0 aromatic heterocycles. The van der Waals surface area contributed by atoms with Gasteiger partial charge in [0.2, 0.25) is 0 Å². The van der Waals surface area contributed by atoms with Crippen LogP contribution in [0.25, 0.3) is 10.8 Å². The molecule has 2 aromatic carbocycles. The minimum absolute atomic E-state index is 0. The van der Waals surface area contributed by atoms with Gasteiger partial charge in [-0.3, -0.25) is 0 Å². The van der Waals surface area contributed by atoms with Gasteiger partial charge in [0.15, 0.2) is 0 Å². The topological polar surface area (TPSA) is 0 Å². The van der Waals surface area contributed by atoms with Crippen molar-refractivity contribution in [3.8, 4) is 0 Å². The second kappa shape index (κ2) is 6.65. The third kappa shape index (κ3) is 3.04. The van der Waals surface area contributed by atoms with Gasteiger partial charge in [-0.2, -0.15) is 11.6 Å². The summed E-state index contributed by atoms with van der Waals surface area (Å²) in [6.45, 7) is 6.52. The average molecular weight is 276 g/mol. The molecule has 3 heteroatoms. The maximum atomic E-state index is 2.22. The second-order valence-electron chi connectivity index (χ2n) is 3.50. The van der Waals surface area contributed by atoms with Gasteiger partial charge in [0.25, 0.3) is 0 Å². The molecule has 0 saturated heterocycles. The van der Waals surface area contributed by atoms with E-state index in [0.29, 0.717) is 0 Å². The number of rotatable bonds is 0. The average Bonchev–Trinajstić information content (AvgIpc) is 2.42. The molecule has 2 aromatic rings. The smallest absolute Gasteiger partial charge is 1.00 e. The number of hydrogen-bond acceptors (Lipinski definition) is 0. The zero-order valence-corrected chi connectivity index (χ0v) is 12.1.